The second-order valence-electron chi connectivity index (χ2n) is 2.91. The molecule has 82 valence electrons. The lowest BCUT2D eigenvalue weighted by molar-refractivity contribution is 0.0519. The summed E-state index contributed by atoms with van der Waals surface area (Å²) >= 11 is 0. The molecule has 2 aromatic heterocycles. The molecule has 0 aromatic carbocycles. The first-order valence-corrected chi connectivity index (χ1v) is 4.81. The first kappa shape index (κ1) is 10.3. The van der Waals surface area contributed by atoms with Crippen LogP contribution in [-0.2, 0) is 4.74 Å². The number of nitrogens with zero attached hydrogens (tertiary/aromatic N) is 4. The van der Waals surface area contributed by atoms with Crippen molar-refractivity contribution < 1.29 is 9.53 Å². The first-order valence-electron chi connectivity index (χ1n) is 4.81. The van der Waals surface area contributed by atoms with Crippen molar-refractivity contribution in [2.75, 3.05) is 6.61 Å². The third-order valence-electron chi connectivity index (χ3n) is 1.89. The van der Waals surface area contributed by atoms with E-state index in [4.69, 9.17) is 4.74 Å². The number of carbonyl (C=O) groups excluding carboxylic acids is 1. The van der Waals surface area contributed by atoms with Gasteiger partial charge in [0.25, 0.3) is 0 Å². The van der Waals surface area contributed by atoms with Crippen LogP contribution in [0.5, 0.6) is 0 Å². The lowest BCUT2D eigenvalue weighted by Crippen LogP contribution is -2.13. The molecule has 0 fully saturated rings. The minimum absolute atomic E-state index is 0.209. The summed E-state index contributed by atoms with van der Waals surface area (Å²) in [4.78, 5) is 16.9. The Bertz CT molecular complexity index is 481. The predicted octanol–water partition coefficient (Wildman–Crippen LogP) is 0.839. The summed E-state index contributed by atoms with van der Waals surface area (Å²) < 4.78 is 4.90. The molecule has 6 heteroatoms. The summed E-state index contributed by atoms with van der Waals surface area (Å²) in [7, 11) is 0. The zero-order valence-electron chi connectivity index (χ0n) is 8.70. The van der Waals surface area contributed by atoms with Crippen LogP contribution in [0.25, 0.3) is 5.69 Å². The van der Waals surface area contributed by atoms with E-state index in [-0.39, 0.29) is 5.69 Å². The van der Waals surface area contributed by atoms with Gasteiger partial charge >= 0.3 is 5.97 Å². The third-order valence-corrected chi connectivity index (χ3v) is 1.89. The maximum absolute atomic E-state index is 11.6. The average Bonchev–Trinajstić information content (AvgIpc) is 2.83. The van der Waals surface area contributed by atoms with Gasteiger partial charge < -0.3 is 4.74 Å². The zero-order chi connectivity index (χ0) is 11.4. The van der Waals surface area contributed by atoms with Gasteiger partial charge in [-0.2, -0.15) is 10.2 Å². The van der Waals surface area contributed by atoms with E-state index in [2.05, 4.69) is 15.2 Å². The molecule has 0 aliphatic carbocycles. The van der Waals surface area contributed by atoms with Crippen molar-refractivity contribution in [1.29, 1.82) is 0 Å². The highest BCUT2D eigenvalue weighted by atomic mass is 16.5. The number of ether oxygens (including phenoxy) is 1. The SMILES string of the molecule is CCOC(=O)c1ncccc1-n1nccn1. The Balaban J connectivity index is 2.42. The molecule has 0 radical (unpaired) electrons. The van der Waals surface area contributed by atoms with Crippen LogP contribution in [-0.4, -0.2) is 32.6 Å². The van der Waals surface area contributed by atoms with Gasteiger partial charge in [0.2, 0.25) is 0 Å². The third kappa shape index (κ3) is 1.90. The Hall–Kier alpha value is -2.24. The van der Waals surface area contributed by atoms with Crippen molar-refractivity contribution in [3.05, 3.63) is 36.4 Å². The standard InChI is InChI=1S/C10H10N4O2/c1-2-16-10(15)9-8(4-3-5-11-9)14-12-6-7-13-14/h3-7H,2H2,1H3. The second-order valence-corrected chi connectivity index (χ2v) is 2.91. The van der Waals surface area contributed by atoms with Gasteiger partial charge in [0, 0.05) is 6.20 Å². The Morgan fingerprint density at radius 2 is 2.12 bits per heavy atom. The van der Waals surface area contributed by atoms with E-state index >= 15 is 0 Å². The molecule has 0 saturated heterocycles. The van der Waals surface area contributed by atoms with Crippen molar-refractivity contribution in [2.45, 2.75) is 6.92 Å². The Morgan fingerprint density at radius 1 is 1.38 bits per heavy atom. The van der Waals surface area contributed by atoms with E-state index in [0.29, 0.717) is 12.3 Å². The van der Waals surface area contributed by atoms with E-state index in [1.165, 1.54) is 23.4 Å². The lowest BCUT2D eigenvalue weighted by Gasteiger charge is -2.05. The highest BCUT2D eigenvalue weighted by Crippen LogP contribution is 2.10. The molecule has 16 heavy (non-hydrogen) atoms. The van der Waals surface area contributed by atoms with Crippen molar-refractivity contribution >= 4 is 5.97 Å². The fourth-order valence-corrected chi connectivity index (χ4v) is 1.26. The molecule has 2 aromatic rings. The van der Waals surface area contributed by atoms with Gasteiger partial charge in [-0.3, -0.25) is 0 Å². The topological polar surface area (TPSA) is 69.9 Å². The van der Waals surface area contributed by atoms with Crippen LogP contribution in [0.15, 0.2) is 30.7 Å². The van der Waals surface area contributed by atoms with Crippen LogP contribution in [0.4, 0.5) is 0 Å². The smallest absolute Gasteiger partial charge is 0.359 e. The van der Waals surface area contributed by atoms with Crippen LogP contribution in [0, 0.1) is 0 Å². The van der Waals surface area contributed by atoms with Crippen LogP contribution >= 0.6 is 0 Å². The molecule has 6 nitrogen and oxygen atoms in total. The van der Waals surface area contributed by atoms with E-state index < -0.39 is 5.97 Å². The number of esters is 1. The normalized spacial score (nSPS) is 10.1. The maximum Gasteiger partial charge on any atom is 0.359 e. The minimum Gasteiger partial charge on any atom is -0.461 e. The summed E-state index contributed by atoms with van der Waals surface area (Å²) in [5, 5.41) is 7.89. The number of carbonyl (C=O) groups is 1. The Kier molecular flexibility index (Phi) is 2.90. The van der Waals surface area contributed by atoms with Gasteiger partial charge in [0.1, 0.15) is 5.69 Å². The fourth-order valence-electron chi connectivity index (χ4n) is 1.26. The number of pyridine rings is 1. The quantitative estimate of drug-likeness (QED) is 0.714. The van der Waals surface area contributed by atoms with Gasteiger partial charge in [-0.25, -0.2) is 9.78 Å². The number of hydrogen-bond acceptors (Lipinski definition) is 5. The monoisotopic (exact) mass is 218 g/mol. The molecular weight excluding hydrogens is 208 g/mol. The molecule has 0 spiro atoms. The predicted molar refractivity (Wildman–Crippen MR) is 55.1 cm³/mol. The van der Waals surface area contributed by atoms with E-state index in [9.17, 15) is 4.79 Å². The summed E-state index contributed by atoms with van der Waals surface area (Å²) in [6.07, 6.45) is 4.59. The van der Waals surface area contributed by atoms with Crippen molar-refractivity contribution in [3.8, 4) is 5.69 Å². The van der Waals surface area contributed by atoms with Gasteiger partial charge in [-0.05, 0) is 19.1 Å². The second kappa shape index (κ2) is 4.52. The lowest BCUT2D eigenvalue weighted by atomic mass is 10.3. The van der Waals surface area contributed by atoms with Gasteiger partial charge in [-0.1, -0.05) is 0 Å². The molecule has 2 heterocycles. The Labute approximate surface area is 91.9 Å². The molecule has 0 amide bonds. The molecule has 0 saturated carbocycles. The maximum atomic E-state index is 11.6. The molecule has 0 atom stereocenters. The minimum atomic E-state index is -0.476. The molecule has 0 bridgehead atoms. The molecule has 0 aliphatic rings. The molecule has 0 N–H and O–H groups in total. The molecule has 0 aliphatic heterocycles. The number of rotatable bonds is 3. The zero-order valence-corrected chi connectivity index (χ0v) is 8.70. The van der Waals surface area contributed by atoms with Crippen molar-refractivity contribution in [2.24, 2.45) is 0 Å². The van der Waals surface area contributed by atoms with Gasteiger partial charge in [-0.15, -0.1) is 4.80 Å². The number of aromatic nitrogens is 4. The van der Waals surface area contributed by atoms with Gasteiger partial charge in [0.15, 0.2) is 5.69 Å². The molecule has 2 rings (SSSR count). The fraction of sp³-hybridized carbons (Fsp3) is 0.200. The highest BCUT2D eigenvalue weighted by molar-refractivity contribution is 5.91. The first-order chi connectivity index (χ1) is 7.83. The highest BCUT2D eigenvalue weighted by Gasteiger charge is 2.15. The van der Waals surface area contributed by atoms with Crippen LogP contribution in [0.3, 0.4) is 0 Å². The molecular formula is C10H10N4O2. The summed E-state index contributed by atoms with van der Waals surface area (Å²) in [5.74, 6) is -0.476. The summed E-state index contributed by atoms with van der Waals surface area (Å²) in [5.41, 5.74) is 0.714. The van der Waals surface area contributed by atoms with E-state index in [1.54, 1.807) is 19.1 Å². The average molecular weight is 218 g/mol. The van der Waals surface area contributed by atoms with Crippen LogP contribution < -0.4 is 0 Å². The van der Waals surface area contributed by atoms with Gasteiger partial charge in [0.05, 0.1) is 19.0 Å². The van der Waals surface area contributed by atoms with Crippen LogP contribution in [0.1, 0.15) is 17.4 Å². The van der Waals surface area contributed by atoms with Crippen molar-refractivity contribution in [1.82, 2.24) is 20.0 Å². The van der Waals surface area contributed by atoms with E-state index in [0.717, 1.165) is 0 Å². The largest absolute Gasteiger partial charge is 0.461 e. The van der Waals surface area contributed by atoms with Crippen molar-refractivity contribution in [3.63, 3.8) is 0 Å². The number of hydrogen-bond donors (Lipinski definition) is 0. The van der Waals surface area contributed by atoms with Crippen LogP contribution in [0.2, 0.25) is 0 Å². The Morgan fingerprint density at radius 3 is 2.81 bits per heavy atom. The van der Waals surface area contributed by atoms with E-state index in [1.807, 2.05) is 0 Å². The summed E-state index contributed by atoms with van der Waals surface area (Å²) in [6, 6.07) is 3.42. The molecule has 0 unspecified atom stereocenters. The summed E-state index contributed by atoms with van der Waals surface area (Å²) in [6.45, 7) is 2.05.